The van der Waals surface area contributed by atoms with E-state index in [1.165, 1.54) is 5.56 Å². The van der Waals surface area contributed by atoms with Crippen molar-refractivity contribution in [1.29, 1.82) is 0 Å². The molecule has 1 heterocycles. The second kappa shape index (κ2) is 7.23. The van der Waals surface area contributed by atoms with Crippen molar-refractivity contribution in [3.8, 4) is 11.5 Å². The lowest BCUT2D eigenvalue weighted by atomic mass is 10.2. The molecule has 0 saturated carbocycles. The lowest BCUT2D eigenvalue weighted by Crippen LogP contribution is -3.12. The molecule has 1 aliphatic heterocycles. The third kappa shape index (κ3) is 3.88. The monoisotopic (exact) mass is 391 g/mol. The van der Waals surface area contributed by atoms with Crippen molar-refractivity contribution >= 4 is 27.5 Å². The summed E-state index contributed by atoms with van der Waals surface area (Å²) in [6, 6.07) is 13.4. The Hall–Kier alpha value is -2.05. The van der Waals surface area contributed by atoms with Gasteiger partial charge in [0.15, 0.2) is 17.5 Å². The van der Waals surface area contributed by atoms with Crippen molar-refractivity contribution in [1.82, 2.24) is 0 Å². The van der Waals surface area contributed by atoms with Gasteiger partial charge in [0, 0.05) is 21.8 Å². The maximum absolute atomic E-state index is 12.5. The minimum Gasteiger partial charge on any atom is -0.454 e. The number of fused-ring (bicyclic) bond motifs is 1. The first-order valence-corrected chi connectivity index (χ1v) is 8.59. The zero-order chi connectivity index (χ0) is 17.1. The highest BCUT2D eigenvalue weighted by atomic mass is 79.9. The Morgan fingerprint density at radius 3 is 2.67 bits per heavy atom. The number of hydrogen-bond donors (Lipinski definition) is 2. The first-order chi connectivity index (χ1) is 11.5. The number of carbonyl (C=O) groups excluding carboxylic acids is 1. The molecular weight excluding hydrogens is 372 g/mol. The van der Waals surface area contributed by atoms with E-state index in [-0.39, 0.29) is 18.7 Å². The molecule has 0 fully saturated rings. The van der Waals surface area contributed by atoms with Gasteiger partial charge in [0.2, 0.25) is 6.79 Å². The Morgan fingerprint density at radius 1 is 1.21 bits per heavy atom. The Balaban J connectivity index is 1.60. The van der Waals surface area contributed by atoms with Crippen molar-refractivity contribution in [2.45, 2.75) is 19.5 Å². The molecule has 6 heteroatoms. The first-order valence-electron chi connectivity index (χ1n) is 7.80. The maximum Gasteiger partial charge on any atom is 0.282 e. The van der Waals surface area contributed by atoms with Crippen molar-refractivity contribution in [3.63, 3.8) is 0 Å². The Kier molecular flexibility index (Phi) is 5.06. The number of likely N-dealkylation sites (N-methyl/N-ethyl adjacent to an activating group) is 1. The van der Waals surface area contributed by atoms with Crippen molar-refractivity contribution in [3.05, 3.63) is 52.5 Å². The zero-order valence-electron chi connectivity index (χ0n) is 13.6. The molecule has 126 valence electrons. The number of anilines is 1. The standard InChI is InChI=1S/C18H19BrN2O3/c1-12(21(2)10-13-3-5-14(19)6-4-13)18(22)20-15-7-8-16-17(9-15)24-11-23-16/h3-9,12H,10-11H2,1-2H3,(H,20,22)/p+1/t12-/m0/s1. The van der Waals surface area contributed by atoms with Gasteiger partial charge in [-0.15, -0.1) is 0 Å². The molecule has 2 atom stereocenters. The van der Waals surface area contributed by atoms with Crippen LogP contribution in [-0.4, -0.2) is 25.8 Å². The van der Waals surface area contributed by atoms with Gasteiger partial charge in [0.1, 0.15) is 6.54 Å². The fourth-order valence-corrected chi connectivity index (χ4v) is 2.79. The number of benzene rings is 2. The first kappa shape index (κ1) is 16.8. The van der Waals surface area contributed by atoms with Gasteiger partial charge in [-0.3, -0.25) is 4.79 Å². The minimum absolute atomic E-state index is 0.0246. The quantitative estimate of drug-likeness (QED) is 0.821. The predicted octanol–water partition coefficient (Wildman–Crippen LogP) is 2.22. The third-order valence-corrected chi connectivity index (χ3v) is 4.70. The summed E-state index contributed by atoms with van der Waals surface area (Å²) >= 11 is 3.43. The predicted molar refractivity (Wildman–Crippen MR) is 95.4 cm³/mol. The Bertz CT molecular complexity index is 734. The van der Waals surface area contributed by atoms with Crippen LogP contribution in [0.5, 0.6) is 11.5 Å². The van der Waals surface area contributed by atoms with E-state index in [1.54, 1.807) is 12.1 Å². The molecule has 2 aromatic carbocycles. The highest BCUT2D eigenvalue weighted by Crippen LogP contribution is 2.34. The van der Waals surface area contributed by atoms with Gasteiger partial charge in [0.25, 0.3) is 5.91 Å². The van der Waals surface area contributed by atoms with Crippen LogP contribution in [0.4, 0.5) is 5.69 Å². The van der Waals surface area contributed by atoms with Gasteiger partial charge >= 0.3 is 0 Å². The molecule has 0 bridgehead atoms. The van der Waals surface area contributed by atoms with Crippen LogP contribution in [0.2, 0.25) is 0 Å². The fourth-order valence-electron chi connectivity index (χ4n) is 2.53. The zero-order valence-corrected chi connectivity index (χ0v) is 15.2. The van der Waals surface area contributed by atoms with Crippen LogP contribution in [0.1, 0.15) is 12.5 Å². The van der Waals surface area contributed by atoms with E-state index in [0.29, 0.717) is 17.2 Å². The highest BCUT2D eigenvalue weighted by Gasteiger charge is 2.23. The fraction of sp³-hybridized carbons (Fsp3) is 0.278. The molecule has 1 aliphatic rings. The second-order valence-electron chi connectivity index (χ2n) is 5.93. The summed E-state index contributed by atoms with van der Waals surface area (Å²) in [5.74, 6) is 1.35. The minimum atomic E-state index is -0.181. The van der Waals surface area contributed by atoms with Crippen LogP contribution in [-0.2, 0) is 11.3 Å². The van der Waals surface area contributed by atoms with Crippen LogP contribution in [0, 0.1) is 0 Å². The molecule has 0 saturated heterocycles. The normalized spacial score (nSPS) is 15.0. The van der Waals surface area contributed by atoms with Gasteiger partial charge in [-0.2, -0.15) is 0 Å². The van der Waals surface area contributed by atoms with E-state index in [9.17, 15) is 4.79 Å². The Morgan fingerprint density at radius 2 is 1.92 bits per heavy atom. The largest absolute Gasteiger partial charge is 0.454 e. The van der Waals surface area contributed by atoms with E-state index in [4.69, 9.17) is 9.47 Å². The van der Waals surface area contributed by atoms with E-state index in [2.05, 4.69) is 33.4 Å². The van der Waals surface area contributed by atoms with Crippen molar-refractivity contribution in [2.24, 2.45) is 0 Å². The summed E-state index contributed by atoms with van der Waals surface area (Å²) in [4.78, 5) is 13.6. The number of carbonyl (C=O) groups is 1. The molecule has 0 radical (unpaired) electrons. The van der Waals surface area contributed by atoms with Crippen molar-refractivity contribution in [2.75, 3.05) is 19.2 Å². The summed E-state index contributed by atoms with van der Waals surface area (Å²) < 4.78 is 11.7. The van der Waals surface area contributed by atoms with Gasteiger partial charge < -0.3 is 19.7 Å². The molecule has 1 unspecified atom stereocenters. The van der Waals surface area contributed by atoms with E-state index in [1.807, 2.05) is 32.2 Å². The van der Waals surface area contributed by atoms with Gasteiger partial charge in [0.05, 0.1) is 7.05 Å². The molecule has 2 N–H and O–H groups in total. The number of amides is 1. The third-order valence-electron chi connectivity index (χ3n) is 4.17. The van der Waals surface area contributed by atoms with Crippen molar-refractivity contribution < 1.29 is 19.2 Å². The number of rotatable bonds is 5. The van der Waals surface area contributed by atoms with Gasteiger partial charge in [-0.25, -0.2) is 0 Å². The molecule has 2 aromatic rings. The van der Waals surface area contributed by atoms with Crippen LogP contribution >= 0.6 is 15.9 Å². The summed E-state index contributed by atoms with van der Waals surface area (Å²) in [6.45, 7) is 2.93. The van der Waals surface area contributed by atoms with Crippen LogP contribution in [0.15, 0.2) is 46.9 Å². The molecule has 0 aliphatic carbocycles. The molecular formula is C18H20BrN2O3+. The highest BCUT2D eigenvalue weighted by molar-refractivity contribution is 9.10. The summed E-state index contributed by atoms with van der Waals surface area (Å²) in [7, 11) is 2.02. The van der Waals surface area contributed by atoms with Gasteiger partial charge in [-0.1, -0.05) is 28.1 Å². The SMILES string of the molecule is C[C@@H](C(=O)Nc1ccc2c(c1)OCO2)[NH+](C)Cc1ccc(Br)cc1. The average molecular weight is 392 g/mol. The van der Waals surface area contributed by atoms with Crippen LogP contribution < -0.4 is 19.7 Å². The number of nitrogens with one attached hydrogen (secondary N) is 2. The summed E-state index contributed by atoms with van der Waals surface area (Å²) in [5, 5.41) is 2.94. The molecule has 1 amide bonds. The number of ether oxygens (including phenoxy) is 2. The van der Waals surface area contributed by atoms with E-state index >= 15 is 0 Å². The maximum atomic E-state index is 12.5. The number of hydrogen-bond acceptors (Lipinski definition) is 3. The van der Waals surface area contributed by atoms with E-state index < -0.39 is 0 Å². The molecule has 3 rings (SSSR count). The molecule has 0 aromatic heterocycles. The molecule has 24 heavy (non-hydrogen) atoms. The van der Waals surface area contributed by atoms with Crippen LogP contribution in [0.25, 0.3) is 0 Å². The number of halogens is 1. The smallest absolute Gasteiger partial charge is 0.282 e. The number of quaternary nitrogens is 1. The van der Waals surface area contributed by atoms with Crippen LogP contribution in [0.3, 0.4) is 0 Å². The van der Waals surface area contributed by atoms with Gasteiger partial charge in [-0.05, 0) is 31.2 Å². The second-order valence-corrected chi connectivity index (χ2v) is 6.84. The summed E-state index contributed by atoms with van der Waals surface area (Å²) in [6.07, 6.45) is 0. The Labute approximate surface area is 149 Å². The van der Waals surface area contributed by atoms with E-state index in [0.717, 1.165) is 15.9 Å². The molecule has 5 nitrogen and oxygen atoms in total. The topological polar surface area (TPSA) is 52.0 Å². The summed E-state index contributed by atoms with van der Waals surface area (Å²) in [5.41, 5.74) is 1.91. The molecule has 0 spiro atoms. The average Bonchev–Trinajstić information content (AvgIpc) is 3.03. The lowest BCUT2D eigenvalue weighted by molar-refractivity contribution is -0.907. The lowest BCUT2D eigenvalue weighted by Gasteiger charge is -2.21.